The van der Waals surface area contributed by atoms with Gasteiger partial charge >= 0.3 is 0 Å². The molecule has 1 aromatic carbocycles. The van der Waals surface area contributed by atoms with Gasteiger partial charge in [0, 0.05) is 6.04 Å². The Kier molecular flexibility index (Phi) is 4.72. The van der Waals surface area contributed by atoms with E-state index in [1.54, 1.807) is 13.0 Å². The SMILES string of the molecule is CCCCC(NN)c1ccc(F)c(C)c1. The standard InChI is InChI=1S/C12H19FN2/c1-3-4-5-12(15-14)10-6-7-11(13)9(2)8-10/h6-8,12,15H,3-5,14H2,1-2H3. The minimum Gasteiger partial charge on any atom is -0.271 e. The largest absolute Gasteiger partial charge is 0.271 e. The van der Waals surface area contributed by atoms with Gasteiger partial charge in [-0.1, -0.05) is 31.9 Å². The Bertz CT molecular complexity index is 312. The molecule has 1 unspecified atom stereocenters. The molecule has 84 valence electrons. The van der Waals surface area contributed by atoms with Crippen LogP contribution in [0, 0.1) is 12.7 Å². The van der Waals surface area contributed by atoms with Gasteiger partial charge in [-0.3, -0.25) is 11.3 Å². The number of halogens is 1. The number of hydrazine groups is 1. The molecule has 3 N–H and O–H groups in total. The number of rotatable bonds is 5. The van der Waals surface area contributed by atoms with Gasteiger partial charge in [-0.25, -0.2) is 4.39 Å². The summed E-state index contributed by atoms with van der Waals surface area (Å²) in [6, 6.07) is 5.28. The Labute approximate surface area is 90.6 Å². The Morgan fingerprint density at radius 2 is 2.20 bits per heavy atom. The maximum absolute atomic E-state index is 13.1. The van der Waals surface area contributed by atoms with Gasteiger partial charge < -0.3 is 0 Å². The Morgan fingerprint density at radius 3 is 2.73 bits per heavy atom. The highest BCUT2D eigenvalue weighted by Crippen LogP contribution is 2.20. The molecular weight excluding hydrogens is 191 g/mol. The zero-order valence-corrected chi connectivity index (χ0v) is 9.39. The third-order valence-electron chi connectivity index (χ3n) is 2.63. The number of unbranched alkanes of at least 4 members (excludes halogenated alkanes) is 1. The molecule has 1 atom stereocenters. The molecule has 0 amide bonds. The molecule has 0 aliphatic carbocycles. The van der Waals surface area contributed by atoms with Crippen LogP contribution in [0.2, 0.25) is 0 Å². The maximum atomic E-state index is 13.1. The lowest BCUT2D eigenvalue weighted by molar-refractivity contribution is 0.493. The van der Waals surface area contributed by atoms with E-state index >= 15 is 0 Å². The maximum Gasteiger partial charge on any atom is 0.126 e. The van der Waals surface area contributed by atoms with E-state index in [1.807, 2.05) is 6.07 Å². The van der Waals surface area contributed by atoms with E-state index in [-0.39, 0.29) is 11.9 Å². The second kappa shape index (κ2) is 5.83. The summed E-state index contributed by atoms with van der Waals surface area (Å²) < 4.78 is 13.1. The van der Waals surface area contributed by atoms with Crippen LogP contribution in [0.5, 0.6) is 0 Å². The minimum absolute atomic E-state index is 0.129. The zero-order chi connectivity index (χ0) is 11.3. The molecule has 0 aliphatic heterocycles. The van der Waals surface area contributed by atoms with Crippen LogP contribution in [0.15, 0.2) is 18.2 Å². The molecular formula is C12H19FN2. The molecule has 15 heavy (non-hydrogen) atoms. The molecule has 0 fully saturated rings. The fourth-order valence-corrected chi connectivity index (χ4v) is 1.64. The van der Waals surface area contributed by atoms with Crippen LogP contribution in [0.25, 0.3) is 0 Å². The third-order valence-corrected chi connectivity index (χ3v) is 2.63. The van der Waals surface area contributed by atoms with E-state index in [9.17, 15) is 4.39 Å². The van der Waals surface area contributed by atoms with Crippen molar-refractivity contribution in [3.8, 4) is 0 Å². The number of benzene rings is 1. The van der Waals surface area contributed by atoms with Gasteiger partial charge in [0.05, 0.1) is 0 Å². The van der Waals surface area contributed by atoms with Crippen molar-refractivity contribution in [1.29, 1.82) is 0 Å². The fourth-order valence-electron chi connectivity index (χ4n) is 1.64. The predicted molar refractivity (Wildman–Crippen MR) is 60.7 cm³/mol. The van der Waals surface area contributed by atoms with E-state index in [1.165, 1.54) is 6.07 Å². The summed E-state index contributed by atoms with van der Waals surface area (Å²) in [5, 5.41) is 0. The molecule has 0 spiro atoms. The summed E-state index contributed by atoms with van der Waals surface area (Å²) >= 11 is 0. The molecule has 2 nitrogen and oxygen atoms in total. The summed E-state index contributed by atoms with van der Waals surface area (Å²) in [4.78, 5) is 0. The van der Waals surface area contributed by atoms with Crippen molar-refractivity contribution in [2.45, 2.75) is 39.2 Å². The first kappa shape index (κ1) is 12.1. The van der Waals surface area contributed by atoms with Crippen molar-refractivity contribution in [2.75, 3.05) is 0 Å². The molecule has 0 heterocycles. The first-order chi connectivity index (χ1) is 7.19. The smallest absolute Gasteiger partial charge is 0.126 e. The molecule has 0 aromatic heterocycles. The quantitative estimate of drug-likeness (QED) is 0.579. The molecule has 3 heteroatoms. The second-order valence-corrected chi connectivity index (χ2v) is 3.87. The van der Waals surface area contributed by atoms with Gasteiger partial charge in [-0.05, 0) is 30.5 Å². The van der Waals surface area contributed by atoms with Gasteiger partial charge in [0.25, 0.3) is 0 Å². The highest BCUT2D eigenvalue weighted by molar-refractivity contribution is 5.26. The molecule has 0 saturated heterocycles. The number of nitrogens with two attached hydrogens (primary N) is 1. The minimum atomic E-state index is -0.162. The van der Waals surface area contributed by atoms with Crippen LogP contribution >= 0.6 is 0 Å². The van der Waals surface area contributed by atoms with E-state index in [2.05, 4.69) is 12.3 Å². The Hall–Kier alpha value is -0.930. The highest BCUT2D eigenvalue weighted by atomic mass is 19.1. The van der Waals surface area contributed by atoms with E-state index in [0.717, 1.165) is 24.8 Å². The van der Waals surface area contributed by atoms with Crippen LogP contribution in [0.1, 0.15) is 43.4 Å². The first-order valence-electron chi connectivity index (χ1n) is 5.41. The molecule has 1 rings (SSSR count). The lowest BCUT2D eigenvalue weighted by Crippen LogP contribution is -2.28. The monoisotopic (exact) mass is 210 g/mol. The van der Waals surface area contributed by atoms with Crippen LogP contribution in [0.4, 0.5) is 4.39 Å². The van der Waals surface area contributed by atoms with Crippen LogP contribution in [-0.4, -0.2) is 0 Å². The Morgan fingerprint density at radius 1 is 1.47 bits per heavy atom. The predicted octanol–water partition coefficient (Wildman–Crippen LogP) is 2.83. The van der Waals surface area contributed by atoms with E-state index < -0.39 is 0 Å². The van der Waals surface area contributed by atoms with Gasteiger partial charge in [0.2, 0.25) is 0 Å². The Balaban J connectivity index is 2.78. The van der Waals surface area contributed by atoms with Gasteiger partial charge in [0.15, 0.2) is 0 Å². The lowest BCUT2D eigenvalue weighted by atomic mass is 10.00. The number of aryl methyl sites for hydroxylation is 1. The molecule has 0 aliphatic rings. The highest BCUT2D eigenvalue weighted by Gasteiger charge is 2.09. The van der Waals surface area contributed by atoms with Crippen LogP contribution in [0.3, 0.4) is 0 Å². The fraction of sp³-hybridized carbons (Fsp3) is 0.500. The summed E-state index contributed by atoms with van der Waals surface area (Å²) in [5.74, 6) is 5.33. The van der Waals surface area contributed by atoms with Crippen molar-refractivity contribution in [3.63, 3.8) is 0 Å². The third kappa shape index (κ3) is 3.29. The van der Waals surface area contributed by atoms with Crippen molar-refractivity contribution in [3.05, 3.63) is 35.1 Å². The normalized spacial score (nSPS) is 12.8. The van der Waals surface area contributed by atoms with Crippen molar-refractivity contribution in [2.24, 2.45) is 5.84 Å². The number of hydrogen-bond donors (Lipinski definition) is 2. The van der Waals surface area contributed by atoms with Crippen molar-refractivity contribution < 1.29 is 4.39 Å². The summed E-state index contributed by atoms with van der Waals surface area (Å²) in [6.45, 7) is 3.91. The van der Waals surface area contributed by atoms with Gasteiger partial charge in [-0.15, -0.1) is 0 Å². The zero-order valence-electron chi connectivity index (χ0n) is 9.39. The summed E-state index contributed by atoms with van der Waals surface area (Å²) in [7, 11) is 0. The topological polar surface area (TPSA) is 38.0 Å². The van der Waals surface area contributed by atoms with E-state index in [0.29, 0.717) is 5.56 Å². The summed E-state index contributed by atoms with van der Waals surface area (Å²) in [5.41, 5.74) is 4.51. The second-order valence-electron chi connectivity index (χ2n) is 3.87. The molecule has 1 aromatic rings. The van der Waals surface area contributed by atoms with Crippen LogP contribution < -0.4 is 11.3 Å². The average molecular weight is 210 g/mol. The van der Waals surface area contributed by atoms with Crippen molar-refractivity contribution >= 4 is 0 Å². The number of hydrogen-bond acceptors (Lipinski definition) is 2. The lowest BCUT2D eigenvalue weighted by Gasteiger charge is -2.16. The summed E-state index contributed by atoms with van der Waals surface area (Å²) in [6.07, 6.45) is 3.24. The van der Waals surface area contributed by atoms with E-state index in [4.69, 9.17) is 5.84 Å². The molecule has 0 radical (unpaired) electrons. The van der Waals surface area contributed by atoms with Gasteiger partial charge in [-0.2, -0.15) is 0 Å². The first-order valence-corrected chi connectivity index (χ1v) is 5.41. The average Bonchev–Trinajstić information content (AvgIpc) is 2.24. The van der Waals surface area contributed by atoms with Crippen LogP contribution in [-0.2, 0) is 0 Å². The molecule has 0 saturated carbocycles. The van der Waals surface area contributed by atoms with Crippen molar-refractivity contribution in [1.82, 2.24) is 5.43 Å². The van der Waals surface area contributed by atoms with Gasteiger partial charge in [0.1, 0.15) is 5.82 Å². The molecule has 0 bridgehead atoms. The number of nitrogens with one attached hydrogen (secondary N) is 1.